The Kier molecular flexibility index (Phi) is 2.93. The molecule has 0 saturated carbocycles. The lowest BCUT2D eigenvalue weighted by Gasteiger charge is -2.17. The van der Waals surface area contributed by atoms with Crippen molar-refractivity contribution < 1.29 is 12.8 Å². The van der Waals surface area contributed by atoms with Crippen LogP contribution in [0.2, 0.25) is 19.6 Å². The summed E-state index contributed by atoms with van der Waals surface area (Å²) in [5.41, 5.74) is 1.56. The maximum Gasteiger partial charge on any atom is 0.262 e. The lowest BCUT2D eigenvalue weighted by Crippen LogP contribution is -2.24. The standard InChI is InChI=1S/C14H17NO3SSi/c1-20(2,3)18-9-10-7-11-5-4-6-12-14(11)13(8-10)19(16,17)15-12/h4-8,15H,9H2,1-3H3. The van der Waals surface area contributed by atoms with Crippen LogP contribution in [0.4, 0.5) is 5.69 Å². The Morgan fingerprint density at radius 1 is 1.20 bits per heavy atom. The van der Waals surface area contributed by atoms with Gasteiger partial charge in [-0.1, -0.05) is 12.1 Å². The Balaban J connectivity index is 2.12. The summed E-state index contributed by atoms with van der Waals surface area (Å²) in [6, 6.07) is 9.31. The molecular formula is C14H17NO3SSi. The van der Waals surface area contributed by atoms with Crippen LogP contribution in [0.3, 0.4) is 0 Å². The van der Waals surface area contributed by atoms with E-state index in [2.05, 4.69) is 24.4 Å². The van der Waals surface area contributed by atoms with Gasteiger partial charge in [-0.15, -0.1) is 0 Å². The van der Waals surface area contributed by atoms with Gasteiger partial charge in [-0.05, 0) is 48.8 Å². The van der Waals surface area contributed by atoms with E-state index in [-0.39, 0.29) is 0 Å². The van der Waals surface area contributed by atoms with E-state index in [4.69, 9.17) is 4.43 Å². The molecule has 1 aliphatic heterocycles. The first-order valence-electron chi connectivity index (χ1n) is 6.49. The highest BCUT2D eigenvalue weighted by atomic mass is 32.2. The first-order chi connectivity index (χ1) is 9.26. The van der Waals surface area contributed by atoms with Crippen molar-refractivity contribution in [1.82, 2.24) is 0 Å². The summed E-state index contributed by atoms with van der Waals surface area (Å²) in [5.74, 6) is 0. The first-order valence-corrected chi connectivity index (χ1v) is 11.4. The molecule has 3 rings (SSSR count). The summed E-state index contributed by atoms with van der Waals surface area (Å²) in [6.45, 7) is 6.80. The number of nitrogens with one attached hydrogen (secondary N) is 1. The minimum atomic E-state index is -3.43. The third-order valence-electron chi connectivity index (χ3n) is 3.21. The number of benzene rings is 2. The molecule has 2 aromatic carbocycles. The van der Waals surface area contributed by atoms with Gasteiger partial charge >= 0.3 is 0 Å². The summed E-state index contributed by atoms with van der Waals surface area (Å²) < 4.78 is 32.7. The van der Waals surface area contributed by atoms with Gasteiger partial charge in [0.1, 0.15) is 0 Å². The molecule has 0 spiro atoms. The maximum atomic E-state index is 12.1. The summed E-state index contributed by atoms with van der Waals surface area (Å²) in [4.78, 5) is 0.361. The Bertz CT molecular complexity index is 794. The molecule has 0 saturated heterocycles. The van der Waals surface area contributed by atoms with Gasteiger partial charge in [0.25, 0.3) is 10.0 Å². The summed E-state index contributed by atoms with van der Waals surface area (Å²) in [6.07, 6.45) is 0. The highest BCUT2D eigenvalue weighted by Gasteiger charge is 2.27. The van der Waals surface area contributed by atoms with E-state index in [1.165, 1.54) is 0 Å². The van der Waals surface area contributed by atoms with Crippen molar-refractivity contribution in [2.24, 2.45) is 0 Å². The van der Waals surface area contributed by atoms with Gasteiger partial charge in [0, 0.05) is 5.39 Å². The third-order valence-corrected chi connectivity index (χ3v) is 5.61. The Labute approximate surface area is 119 Å². The van der Waals surface area contributed by atoms with E-state index in [0.717, 1.165) is 16.3 Å². The average molecular weight is 307 g/mol. The summed E-state index contributed by atoms with van der Waals surface area (Å²) in [5, 5.41) is 1.71. The molecule has 1 N–H and O–H groups in total. The number of hydrogen-bond donors (Lipinski definition) is 1. The Morgan fingerprint density at radius 2 is 1.95 bits per heavy atom. The molecule has 0 unspecified atom stereocenters. The number of anilines is 1. The fraction of sp³-hybridized carbons (Fsp3) is 0.286. The van der Waals surface area contributed by atoms with Gasteiger partial charge < -0.3 is 4.43 Å². The molecule has 0 amide bonds. The average Bonchev–Trinajstić information content (AvgIpc) is 2.59. The van der Waals surface area contributed by atoms with Crippen LogP contribution in [-0.4, -0.2) is 16.7 Å². The SMILES string of the molecule is C[Si](C)(C)OCc1cc2c3c(cccc3c1)NS2(=O)=O. The van der Waals surface area contributed by atoms with E-state index in [1.807, 2.05) is 18.2 Å². The van der Waals surface area contributed by atoms with Crippen LogP contribution >= 0.6 is 0 Å². The maximum absolute atomic E-state index is 12.1. The van der Waals surface area contributed by atoms with Crippen LogP contribution in [-0.2, 0) is 21.1 Å². The molecule has 106 valence electrons. The molecule has 0 aromatic heterocycles. The number of rotatable bonds is 3. The minimum absolute atomic E-state index is 0.361. The molecule has 0 aliphatic carbocycles. The number of hydrogen-bond acceptors (Lipinski definition) is 3. The minimum Gasteiger partial charge on any atom is -0.413 e. The molecule has 1 aliphatic rings. The number of sulfonamides is 1. The van der Waals surface area contributed by atoms with Gasteiger partial charge in [0.15, 0.2) is 8.32 Å². The van der Waals surface area contributed by atoms with Crippen molar-refractivity contribution in [3.05, 3.63) is 35.9 Å². The quantitative estimate of drug-likeness (QED) is 0.885. The van der Waals surface area contributed by atoms with Crippen molar-refractivity contribution in [2.45, 2.75) is 31.1 Å². The molecular weight excluding hydrogens is 290 g/mol. The first kappa shape index (κ1) is 13.6. The smallest absolute Gasteiger partial charge is 0.262 e. The second-order valence-electron chi connectivity index (χ2n) is 6.00. The zero-order chi connectivity index (χ0) is 14.5. The molecule has 20 heavy (non-hydrogen) atoms. The lowest BCUT2D eigenvalue weighted by molar-refractivity contribution is 0.299. The molecule has 2 aromatic rings. The monoisotopic (exact) mass is 307 g/mol. The molecule has 4 nitrogen and oxygen atoms in total. The zero-order valence-electron chi connectivity index (χ0n) is 11.7. The predicted octanol–water partition coefficient (Wildman–Crippen LogP) is 3.31. The van der Waals surface area contributed by atoms with E-state index >= 15 is 0 Å². The van der Waals surface area contributed by atoms with Crippen molar-refractivity contribution >= 4 is 34.8 Å². The van der Waals surface area contributed by atoms with Gasteiger partial charge in [0.2, 0.25) is 0 Å². The van der Waals surface area contributed by atoms with Crippen molar-refractivity contribution in [3.63, 3.8) is 0 Å². The van der Waals surface area contributed by atoms with Crippen LogP contribution in [0.15, 0.2) is 35.2 Å². The lowest BCUT2D eigenvalue weighted by atomic mass is 10.1. The van der Waals surface area contributed by atoms with Gasteiger partial charge in [-0.25, -0.2) is 8.42 Å². The van der Waals surface area contributed by atoms with Gasteiger partial charge in [-0.2, -0.15) is 0 Å². The van der Waals surface area contributed by atoms with E-state index in [9.17, 15) is 8.42 Å². The van der Waals surface area contributed by atoms with Crippen LogP contribution in [0, 0.1) is 0 Å². The van der Waals surface area contributed by atoms with Crippen LogP contribution in [0.25, 0.3) is 10.8 Å². The molecule has 0 atom stereocenters. The Morgan fingerprint density at radius 3 is 2.65 bits per heavy atom. The van der Waals surface area contributed by atoms with E-state index in [1.54, 1.807) is 12.1 Å². The summed E-state index contributed by atoms with van der Waals surface area (Å²) >= 11 is 0. The topological polar surface area (TPSA) is 55.4 Å². The van der Waals surface area contributed by atoms with Gasteiger partial charge in [-0.3, -0.25) is 4.72 Å². The molecule has 0 bridgehead atoms. The fourth-order valence-electron chi connectivity index (χ4n) is 2.33. The van der Waals surface area contributed by atoms with Crippen molar-refractivity contribution in [1.29, 1.82) is 0 Å². The normalized spacial score (nSPS) is 16.4. The van der Waals surface area contributed by atoms with Crippen molar-refractivity contribution in [2.75, 3.05) is 4.72 Å². The highest BCUT2D eigenvalue weighted by Crippen LogP contribution is 2.38. The highest BCUT2D eigenvalue weighted by molar-refractivity contribution is 7.93. The molecule has 1 heterocycles. The fourth-order valence-corrected chi connectivity index (χ4v) is 4.30. The van der Waals surface area contributed by atoms with E-state index in [0.29, 0.717) is 17.2 Å². The van der Waals surface area contributed by atoms with Crippen LogP contribution in [0.5, 0.6) is 0 Å². The second-order valence-corrected chi connectivity index (χ2v) is 12.2. The third kappa shape index (κ3) is 2.34. The van der Waals surface area contributed by atoms with Gasteiger partial charge in [0.05, 0.1) is 17.2 Å². The molecule has 0 fully saturated rings. The molecule has 0 radical (unpaired) electrons. The van der Waals surface area contributed by atoms with Crippen molar-refractivity contribution in [3.8, 4) is 0 Å². The molecule has 6 heteroatoms. The Hall–Kier alpha value is -1.37. The van der Waals surface area contributed by atoms with Crippen LogP contribution < -0.4 is 4.72 Å². The second kappa shape index (κ2) is 4.31. The van der Waals surface area contributed by atoms with E-state index < -0.39 is 18.3 Å². The van der Waals surface area contributed by atoms with Crippen LogP contribution in [0.1, 0.15) is 5.56 Å². The zero-order valence-corrected chi connectivity index (χ0v) is 13.5. The largest absolute Gasteiger partial charge is 0.413 e. The summed E-state index contributed by atoms with van der Waals surface area (Å²) in [7, 11) is -5.05. The predicted molar refractivity (Wildman–Crippen MR) is 82.9 cm³/mol.